The summed E-state index contributed by atoms with van der Waals surface area (Å²) in [5.74, 6) is 0.552. The van der Waals surface area contributed by atoms with E-state index in [4.69, 9.17) is 14.2 Å². The first-order valence-corrected chi connectivity index (χ1v) is 9.44. The van der Waals surface area contributed by atoms with Crippen LogP contribution in [0.2, 0.25) is 0 Å². The van der Waals surface area contributed by atoms with Crippen LogP contribution in [0, 0.1) is 0 Å². The Morgan fingerprint density at radius 2 is 2.00 bits per heavy atom. The molecule has 2 unspecified atom stereocenters. The van der Waals surface area contributed by atoms with Gasteiger partial charge in [-0.1, -0.05) is 18.7 Å². The molecule has 3 rings (SSSR count). The van der Waals surface area contributed by atoms with E-state index in [1.165, 1.54) is 18.9 Å². The van der Waals surface area contributed by atoms with E-state index >= 15 is 0 Å². The van der Waals surface area contributed by atoms with Gasteiger partial charge in [-0.3, -0.25) is 9.69 Å². The lowest BCUT2D eigenvalue weighted by Crippen LogP contribution is -2.40. The van der Waals surface area contributed by atoms with Crippen LogP contribution in [0.15, 0.2) is 34.5 Å². The van der Waals surface area contributed by atoms with Gasteiger partial charge in [-0.05, 0) is 25.5 Å². The summed E-state index contributed by atoms with van der Waals surface area (Å²) in [7, 11) is 4.43. The molecule has 2 aliphatic rings. The molecule has 0 radical (unpaired) electrons. The molecule has 27 heavy (non-hydrogen) atoms. The number of amidine groups is 1. The summed E-state index contributed by atoms with van der Waals surface area (Å²) in [5, 5.41) is 0.375. The van der Waals surface area contributed by atoms with Crippen molar-refractivity contribution in [3.05, 3.63) is 35.0 Å². The largest absolute Gasteiger partial charge is 0.497 e. The molecule has 1 fully saturated rings. The highest BCUT2D eigenvalue weighted by molar-refractivity contribution is 8.15. The smallest absolute Gasteiger partial charge is 0.338 e. The number of carbonyl (C=O) groups is 2. The van der Waals surface area contributed by atoms with E-state index in [1.54, 1.807) is 44.2 Å². The molecule has 1 aromatic carbocycles. The zero-order valence-corrected chi connectivity index (χ0v) is 16.8. The molecule has 7 nitrogen and oxygen atoms in total. The maximum atomic E-state index is 13.0. The molecular formula is C19H22N2O5S. The third kappa shape index (κ3) is 3.18. The molecule has 1 amide bonds. The van der Waals surface area contributed by atoms with Crippen LogP contribution in [0.3, 0.4) is 0 Å². The molecule has 8 heteroatoms. The van der Waals surface area contributed by atoms with E-state index < -0.39 is 12.0 Å². The van der Waals surface area contributed by atoms with Gasteiger partial charge in [-0.15, -0.1) is 0 Å². The second-order valence-electron chi connectivity index (χ2n) is 6.12. The maximum absolute atomic E-state index is 13.0. The zero-order valence-electron chi connectivity index (χ0n) is 15.9. The normalized spacial score (nSPS) is 21.7. The van der Waals surface area contributed by atoms with Crippen molar-refractivity contribution in [3.8, 4) is 11.5 Å². The second kappa shape index (κ2) is 7.64. The first kappa shape index (κ1) is 19.3. The standard InChI is InChI=1S/C19H22N2O5S/c1-6-14-17(22)21-16(12-8-7-11(24-3)9-13(12)25-4)15(18(23)26-5)10(2)20-19(21)27-14/h7-9,14,16H,6H2,1-5H3. The average Bonchev–Trinajstić information content (AvgIpc) is 3.01. The van der Waals surface area contributed by atoms with Crippen LogP contribution in [-0.4, -0.2) is 48.5 Å². The number of hydrogen-bond acceptors (Lipinski definition) is 7. The summed E-state index contributed by atoms with van der Waals surface area (Å²) in [5.41, 5.74) is 1.54. The van der Waals surface area contributed by atoms with Crippen molar-refractivity contribution in [1.82, 2.24) is 4.90 Å². The number of esters is 1. The molecule has 0 saturated carbocycles. The third-order valence-electron chi connectivity index (χ3n) is 4.66. The van der Waals surface area contributed by atoms with Crippen LogP contribution in [0.5, 0.6) is 11.5 Å². The van der Waals surface area contributed by atoms with Gasteiger partial charge in [0.1, 0.15) is 17.5 Å². The van der Waals surface area contributed by atoms with Crippen LogP contribution >= 0.6 is 11.8 Å². The summed E-state index contributed by atoms with van der Waals surface area (Å²) in [6, 6.07) is 4.65. The van der Waals surface area contributed by atoms with Gasteiger partial charge >= 0.3 is 5.97 Å². The minimum atomic E-state index is -0.664. The van der Waals surface area contributed by atoms with Gasteiger partial charge < -0.3 is 14.2 Å². The van der Waals surface area contributed by atoms with Gasteiger partial charge in [0.05, 0.1) is 37.8 Å². The second-order valence-corrected chi connectivity index (χ2v) is 7.29. The quantitative estimate of drug-likeness (QED) is 0.720. The summed E-state index contributed by atoms with van der Waals surface area (Å²) in [4.78, 5) is 31.7. The number of rotatable bonds is 5. The fraction of sp³-hybridized carbons (Fsp3) is 0.421. The fourth-order valence-electron chi connectivity index (χ4n) is 3.30. The summed E-state index contributed by atoms with van der Waals surface area (Å²) < 4.78 is 15.8. The fourth-order valence-corrected chi connectivity index (χ4v) is 4.43. The molecule has 0 aromatic heterocycles. The van der Waals surface area contributed by atoms with Crippen molar-refractivity contribution in [3.63, 3.8) is 0 Å². The highest BCUT2D eigenvalue weighted by Gasteiger charge is 2.47. The van der Waals surface area contributed by atoms with Gasteiger partial charge in [0.2, 0.25) is 5.91 Å². The molecule has 0 bridgehead atoms. The van der Waals surface area contributed by atoms with Crippen LogP contribution in [0.25, 0.3) is 0 Å². The lowest BCUT2D eigenvalue weighted by molar-refractivity contribution is -0.137. The van der Waals surface area contributed by atoms with Crippen molar-refractivity contribution in [1.29, 1.82) is 0 Å². The monoisotopic (exact) mass is 390 g/mol. The molecular weight excluding hydrogens is 368 g/mol. The number of nitrogens with zero attached hydrogens (tertiary/aromatic N) is 2. The first-order valence-electron chi connectivity index (χ1n) is 8.56. The predicted molar refractivity (Wildman–Crippen MR) is 103 cm³/mol. The number of benzene rings is 1. The third-order valence-corrected chi connectivity index (χ3v) is 5.98. The van der Waals surface area contributed by atoms with Crippen LogP contribution in [-0.2, 0) is 14.3 Å². The Labute approximate surface area is 162 Å². The number of fused-ring (bicyclic) bond motifs is 1. The summed E-state index contributed by atoms with van der Waals surface area (Å²) in [6.45, 7) is 3.71. The van der Waals surface area contributed by atoms with Gasteiger partial charge in [0.25, 0.3) is 0 Å². The Balaban J connectivity index is 2.21. The van der Waals surface area contributed by atoms with Crippen LogP contribution in [0.1, 0.15) is 31.9 Å². The lowest BCUT2D eigenvalue weighted by Gasteiger charge is -2.33. The molecule has 2 atom stereocenters. The van der Waals surface area contributed by atoms with Crippen molar-refractivity contribution in [2.75, 3.05) is 21.3 Å². The number of methoxy groups -OCH3 is 3. The van der Waals surface area contributed by atoms with E-state index in [-0.39, 0.29) is 11.2 Å². The Bertz CT molecular complexity index is 849. The number of thioether (sulfide) groups is 1. The zero-order chi connectivity index (χ0) is 19.7. The Kier molecular flexibility index (Phi) is 5.46. The number of hydrogen-bond donors (Lipinski definition) is 0. The number of allylic oxidation sites excluding steroid dienone is 1. The van der Waals surface area contributed by atoms with E-state index in [0.29, 0.717) is 39.9 Å². The molecule has 1 saturated heterocycles. The highest BCUT2D eigenvalue weighted by atomic mass is 32.2. The molecule has 0 aliphatic carbocycles. The highest BCUT2D eigenvalue weighted by Crippen LogP contribution is 2.46. The Morgan fingerprint density at radius 1 is 1.26 bits per heavy atom. The molecule has 0 spiro atoms. The summed E-state index contributed by atoms with van der Waals surface area (Å²) in [6.07, 6.45) is 0.679. The van der Waals surface area contributed by atoms with Gasteiger partial charge in [0.15, 0.2) is 5.17 Å². The number of ether oxygens (including phenoxy) is 3. The SMILES string of the molecule is CCC1SC2=NC(C)=C(C(=O)OC)C(c3ccc(OC)cc3OC)N2C1=O. The molecule has 2 heterocycles. The average molecular weight is 390 g/mol. The van der Waals surface area contributed by atoms with Crippen molar-refractivity contribution >= 4 is 28.8 Å². The molecule has 144 valence electrons. The topological polar surface area (TPSA) is 77.4 Å². The minimum Gasteiger partial charge on any atom is -0.497 e. The predicted octanol–water partition coefficient (Wildman–Crippen LogP) is 2.92. The molecule has 1 aromatic rings. The van der Waals surface area contributed by atoms with E-state index in [0.717, 1.165) is 0 Å². The van der Waals surface area contributed by atoms with Crippen LogP contribution in [0.4, 0.5) is 0 Å². The molecule has 2 aliphatic heterocycles. The summed E-state index contributed by atoms with van der Waals surface area (Å²) >= 11 is 1.42. The van der Waals surface area contributed by atoms with E-state index in [9.17, 15) is 9.59 Å². The minimum absolute atomic E-state index is 0.0713. The molecule has 0 N–H and O–H groups in total. The lowest BCUT2D eigenvalue weighted by atomic mass is 9.93. The number of aliphatic imine (C=N–C) groups is 1. The van der Waals surface area contributed by atoms with Gasteiger partial charge in [0, 0.05) is 11.6 Å². The van der Waals surface area contributed by atoms with E-state index in [2.05, 4.69) is 4.99 Å². The number of carbonyl (C=O) groups excluding carboxylic acids is 2. The first-order chi connectivity index (χ1) is 13.0. The van der Waals surface area contributed by atoms with Crippen molar-refractivity contribution < 1.29 is 23.8 Å². The van der Waals surface area contributed by atoms with Crippen LogP contribution < -0.4 is 9.47 Å². The Morgan fingerprint density at radius 3 is 2.59 bits per heavy atom. The van der Waals surface area contributed by atoms with E-state index in [1.807, 2.05) is 6.92 Å². The maximum Gasteiger partial charge on any atom is 0.338 e. The van der Waals surface area contributed by atoms with Crippen molar-refractivity contribution in [2.45, 2.75) is 31.6 Å². The number of amides is 1. The van der Waals surface area contributed by atoms with Gasteiger partial charge in [-0.25, -0.2) is 9.79 Å². The van der Waals surface area contributed by atoms with Crippen molar-refractivity contribution in [2.24, 2.45) is 4.99 Å². The Hall–Kier alpha value is -2.48. The van der Waals surface area contributed by atoms with Gasteiger partial charge in [-0.2, -0.15) is 0 Å².